The number of hydrogen-bond acceptors (Lipinski definition) is 2. The molecule has 1 unspecified atom stereocenters. The third kappa shape index (κ3) is 4.89. The molecule has 0 N–H and O–H groups in total. The van der Waals surface area contributed by atoms with Gasteiger partial charge in [-0.3, -0.25) is 0 Å². The van der Waals surface area contributed by atoms with Gasteiger partial charge in [0.05, 0.1) is 0 Å². The molecule has 0 rings (SSSR count). The zero-order chi connectivity index (χ0) is 5.70. The Morgan fingerprint density at radius 3 is 2.43 bits per heavy atom. The van der Waals surface area contributed by atoms with Crippen molar-refractivity contribution in [3.63, 3.8) is 0 Å². The van der Waals surface area contributed by atoms with E-state index in [1.807, 2.05) is 6.92 Å². The summed E-state index contributed by atoms with van der Waals surface area (Å²) < 4.78 is 9.79. The summed E-state index contributed by atoms with van der Waals surface area (Å²) >= 11 is 0.866. The van der Waals surface area contributed by atoms with Crippen LogP contribution in [-0.4, -0.2) is 19.8 Å². The van der Waals surface area contributed by atoms with Gasteiger partial charge in [-0.2, -0.15) is 0 Å². The standard InChI is InChI=1S/C4H9O2.Y/c1-4(3-5)6-2;/h4H,3H2,1-2H3;/q-1;+1. The molecule has 2 nitrogen and oxygen atoms in total. The van der Waals surface area contributed by atoms with Crippen molar-refractivity contribution in [2.24, 2.45) is 0 Å². The SMILES string of the molecule is COC(C)C[O][Y]. The zero-order valence-electron chi connectivity index (χ0n) is 4.68. The predicted molar refractivity (Wildman–Crippen MR) is 22.4 cm³/mol. The average Bonchev–Trinajstić information content (AvgIpc) is 1.68. The van der Waals surface area contributed by atoms with Gasteiger partial charge in [0.2, 0.25) is 0 Å². The fraction of sp³-hybridized carbons (Fsp3) is 1.00. The topological polar surface area (TPSA) is 18.5 Å². The Morgan fingerprint density at radius 1 is 1.71 bits per heavy atom. The van der Waals surface area contributed by atoms with Gasteiger partial charge in [-0.05, 0) is 0 Å². The van der Waals surface area contributed by atoms with Crippen LogP contribution in [0, 0.1) is 0 Å². The fourth-order valence-electron chi connectivity index (χ4n) is 0.204. The van der Waals surface area contributed by atoms with Gasteiger partial charge in [0.15, 0.2) is 0 Å². The third-order valence-corrected chi connectivity index (χ3v) is 1.21. The molecule has 0 aromatic carbocycles. The van der Waals surface area contributed by atoms with Crippen LogP contribution in [-0.2, 0) is 38.3 Å². The monoisotopic (exact) mass is 178 g/mol. The number of ether oxygens (including phenoxy) is 1. The minimum absolute atomic E-state index is 0.259. The first-order valence-electron chi connectivity index (χ1n) is 2.15. The predicted octanol–water partition coefficient (Wildman–Crippen LogP) is 0.500. The Labute approximate surface area is 64.8 Å². The van der Waals surface area contributed by atoms with Crippen LogP contribution in [0.5, 0.6) is 0 Å². The second-order valence-corrected chi connectivity index (χ2v) is 2.20. The van der Waals surface area contributed by atoms with Gasteiger partial charge in [-0.25, -0.2) is 0 Å². The second kappa shape index (κ2) is 5.17. The minimum atomic E-state index is 0.259. The zero-order valence-corrected chi connectivity index (χ0v) is 7.52. The number of methoxy groups -OCH3 is 1. The van der Waals surface area contributed by atoms with Crippen LogP contribution < -0.4 is 0 Å². The summed E-state index contributed by atoms with van der Waals surface area (Å²) in [6.45, 7) is 2.72. The molecule has 0 radical (unpaired) electrons. The Bertz CT molecular complexity index is 40.7. The van der Waals surface area contributed by atoms with Gasteiger partial charge in [-0.1, -0.05) is 0 Å². The molecule has 0 saturated heterocycles. The van der Waals surface area contributed by atoms with Crippen LogP contribution >= 0.6 is 0 Å². The van der Waals surface area contributed by atoms with Gasteiger partial charge >= 0.3 is 65.0 Å². The Kier molecular flexibility index (Phi) is 5.92. The van der Waals surface area contributed by atoms with Gasteiger partial charge < -0.3 is 0 Å². The van der Waals surface area contributed by atoms with Crippen LogP contribution in [0.1, 0.15) is 6.92 Å². The summed E-state index contributed by atoms with van der Waals surface area (Å²) in [5, 5.41) is 0. The summed E-state index contributed by atoms with van der Waals surface area (Å²) in [6, 6.07) is 0. The van der Waals surface area contributed by atoms with E-state index in [0.717, 1.165) is 38.1 Å². The summed E-state index contributed by atoms with van der Waals surface area (Å²) in [4.78, 5) is 0. The quantitative estimate of drug-likeness (QED) is 0.626. The fourth-order valence-corrected chi connectivity index (χ4v) is 0.870. The maximum absolute atomic E-state index is 4.90. The van der Waals surface area contributed by atoms with Crippen molar-refractivity contribution in [1.29, 1.82) is 0 Å². The van der Waals surface area contributed by atoms with Gasteiger partial charge in [0.1, 0.15) is 0 Å². The van der Waals surface area contributed by atoms with Crippen LogP contribution in [0.15, 0.2) is 0 Å². The van der Waals surface area contributed by atoms with Crippen molar-refractivity contribution in [3.8, 4) is 0 Å². The first kappa shape index (κ1) is 8.02. The summed E-state index contributed by atoms with van der Waals surface area (Å²) in [7, 11) is 1.68. The summed E-state index contributed by atoms with van der Waals surface area (Å²) in [5.41, 5.74) is 0. The molecule has 0 aliphatic carbocycles. The molecule has 0 saturated carbocycles. The number of rotatable bonds is 3. The number of hydrogen-bond donors (Lipinski definition) is 0. The van der Waals surface area contributed by atoms with E-state index in [4.69, 9.17) is 6.79 Å². The molecule has 7 heavy (non-hydrogen) atoms. The molecule has 0 aliphatic heterocycles. The molecular formula is C4H9O2Y. The summed E-state index contributed by atoms with van der Waals surface area (Å²) in [5.74, 6) is 0. The molecule has 0 amide bonds. The average molecular weight is 178 g/mol. The Balaban J connectivity index is 2.83. The molecule has 0 heterocycles. The van der Waals surface area contributed by atoms with E-state index in [-0.39, 0.29) is 6.10 Å². The van der Waals surface area contributed by atoms with Crippen LogP contribution in [0.2, 0.25) is 0 Å². The summed E-state index contributed by atoms with van der Waals surface area (Å²) in [6.07, 6.45) is 0.259. The first-order valence-corrected chi connectivity index (χ1v) is 3.31. The normalized spacial score (nSPS) is 13.9. The van der Waals surface area contributed by atoms with Gasteiger partial charge in [-0.15, -0.1) is 0 Å². The van der Waals surface area contributed by atoms with Crippen molar-refractivity contribution in [1.82, 2.24) is 0 Å². The van der Waals surface area contributed by atoms with Crippen molar-refractivity contribution in [3.05, 3.63) is 0 Å². The third-order valence-electron chi connectivity index (χ3n) is 0.733. The molecule has 0 spiro atoms. The van der Waals surface area contributed by atoms with Crippen molar-refractivity contribution < 1.29 is 38.3 Å². The molecule has 0 aromatic rings. The van der Waals surface area contributed by atoms with Crippen LogP contribution in [0.4, 0.5) is 0 Å². The van der Waals surface area contributed by atoms with Crippen molar-refractivity contribution in [2.75, 3.05) is 13.7 Å². The van der Waals surface area contributed by atoms with E-state index >= 15 is 0 Å². The van der Waals surface area contributed by atoms with E-state index in [2.05, 4.69) is 0 Å². The molecular weight excluding hydrogens is 169 g/mol. The molecule has 0 aromatic heterocycles. The Hall–Kier alpha value is 1.02. The maximum atomic E-state index is 4.90. The molecule has 1 atom stereocenters. The molecule has 0 fully saturated rings. The van der Waals surface area contributed by atoms with Crippen molar-refractivity contribution >= 4 is 0 Å². The Morgan fingerprint density at radius 2 is 2.29 bits per heavy atom. The van der Waals surface area contributed by atoms with Crippen LogP contribution in [0.25, 0.3) is 0 Å². The van der Waals surface area contributed by atoms with E-state index in [9.17, 15) is 0 Å². The van der Waals surface area contributed by atoms with E-state index in [0.29, 0.717) is 0 Å². The van der Waals surface area contributed by atoms with E-state index < -0.39 is 0 Å². The van der Waals surface area contributed by atoms with Gasteiger partial charge in [0.25, 0.3) is 0 Å². The van der Waals surface area contributed by atoms with E-state index in [1.165, 1.54) is 0 Å². The second-order valence-electron chi connectivity index (χ2n) is 1.38. The van der Waals surface area contributed by atoms with Crippen molar-refractivity contribution in [2.45, 2.75) is 13.0 Å². The van der Waals surface area contributed by atoms with Crippen LogP contribution in [0.3, 0.4) is 0 Å². The molecule has 0 aliphatic rings. The van der Waals surface area contributed by atoms with Gasteiger partial charge in [0, 0.05) is 0 Å². The molecule has 3 heteroatoms. The van der Waals surface area contributed by atoms with E-state index in [1.54, 1.807) is 7.11 Å². The molecule has 0 bridgehead atoms. The first-order chi connectivity index (χ1) is 3.31. The molecule has 40 valence electrons.